The first kappa shape index (κ1) is 19.8. The number of hydrogen-bond donors (Lipinski definition) is 2. The number of hydrogen-bond acceptors (Lipinski definition) is 4. The first-order valence-corrected chi connectivity index (χ1v) is 9.64. The van der Waals surface area contributed by atoms with Crippen molar-refractivity contribution in [2.24, 2.45) is 0 Å². The molecule has 2 N–H and O–H groups in total. The second kappa shape index (κ2) is 9.33. The molecule has 2 unspecified atom stereocenters. The first-order valence-electron chi connectivity index (χ1n) is 9.27. The Labute approximate surface area is 166 Å². The molecule has 1 amide bonds. The molecule has 0 aliphatic carbocycles. The van der Waals surface area contributed by atoms with Crippen molar-refractivity contribution >= 4 is 17.5 Å². The van der Waals surface area contributed by atoms with Crippen molar-refractivity contribution in [3.05, 3.63) is 70.7 Å². The largest absolute Gasteiger partial charge is 0.336 e. The number of benzene rings is 2. The number of carbonyl (C=O) groups excluding carboxylic acids is 1. The summed E-state index contributed by atoms with van der Waals surface area (Å²) in [7, 11) is 4.04. The van der Waals surface area contributed by atoms with Crippen LogP contribution in [0.25, 0.3) is 0 Å². The minimum Gasteiger partial charge on any atom is -0.336 e. The molecule has 144 valence electrons. The van der Waals surface area contributed by atoms with Gasteiger partial charge in [-0.1, -0.05) is 54.1 Å². The molecule has 1 aliphatic heterocycles. The van der Waals surface area contributed by atoms with Gasteiger partial charge in [-0.2, -0.15) is 0 Å². The maximum atomic E-state index is 13.2. The molecular formula is C21H27ClN4O. The van der Waals surface area contributed by atoms with E-state index in [1.165, 1.54) is 5.56 Å². The summed E-state index contributed by atoms with van der Waals surface area (Å²) >= 11 is 5.99. The van der Waals surface area contributed by atoms with Crippen molar-refractivity contribution in [1.82, 2.24) is 20.7 Å². The van der Waals surface area contributed by atoms with Gasteiger partial charge in [0.1, 0.15) is 6.04 Å². The molecule has 1 fully saturated rings. The summed E-state index contributed by atoms with van der Waals surface area (Å²) in [5.41, 5.74) is 8.73. The van der Waals surface area contributed by atoms with E-state index in [0.29, 0.717) is 18.1 Å². The highest BCUT2D eigenvalue weighted by molar-refractivity contribution is 6.30. The summed E-state index contributed by atoms with van der Waals surface area (Å²) in [5, 5.41) is 0.706. The van der Waals surface area contributed by atoms with Crippen molar-refractivity contribution < 1.29 is 4.79 Å². The fourth-order valence-corrected chi connectivity index (χ4v) is 3.37. The third-order valence-electron chi connectivity index (χ3n) is 4.82. The molecule has 6 heteroatoms. The van der Waals surface area contributed by atoms with Crippen LogP contribution in [0.15, 0.2) is 54.6 Å². The standard InChI is InChI=1S/C21H27ClN4O/c1-25(2)12-13-26(15-16-8-10-18(22)11-9-16)21(27)20-14-19(23-24-20)17-6-4-3-5-7-17/h3-11,19-20,23-24H,12-15H2,1-2H3. The van der Waals surface area contributed by atoms with Gasteiger partial charge in [0.15, 0.2) is 0 Å². The zero-order chi connectivity index (χ0) is 19.2. The molecule has 5 nitrogen and oxygen atoms in total. The lowest BCUT2D eigenvalue weighted by Crippen LogP contribution is -2.47. The molecule has 1 heterocycles. The third kappa shape index (κ3) is 5.53. The predicted molar refractivity (Wildman–Crippen MR) is 109 cm³/mol. The molecule has 0 spiro atoms. The number of amides is 1. The lowest BCUT2D eigenvalue weighted by atomic mass is 10.0. The Bertz CT molecular complexity index is 736. The highest BCUT2D eigenvalue weighted by Gasteiger charge is 2.32. The summed E-state index contributed by atoms with van der Waals surface area (Å²) in [4.78, 5) is 17.2. The van der Waals surface area contributed by atoms with Crippen LogP contribution in [0.5, 0.6) is 0 Å². The normalized spacial score (nSPS) is 19.4. The van der Waals surface area contributed by atoms with E-state index >= 15 is 0 Å². The second-order valence-corrected chi connectivity index (χ2v) is 7.67. The van der Waals surface area contributed by atoms with Crippen molar-refractivity contribution in [3.8, 4) is 0 Å². The Morgan fingerprint density at radius 2 is 1.74 bits per heavy atom. The fraction of sp³-hybridized carbons (Fsp3) is 0.381. The molecule has 2 atom stereocenters. The molecule has 0 radical (unpaired) electrons. The van der Waals surface area contributed by atoms with Crippen molar-refractivity contribution in [3.63, 3.8) is 0 Å². The highest BCUT2D eigenvalue weighted by atomic mass is 35.5. The van der Waals surface area contributed by atoms with Crippen LogP contribution >= 0.6 is 11.6 Å². The van der Waals surface area contributed by atoms with E-state index in [2.05, 4.69) is 27.9 Å². The molecule has 3 rings (SSSR count). The SMILES string of the molecule is CN(C)CCN(Cc1ccc(Cl)cc1)C(=O)C1CC(c2ccccc2)NN1. The first-order chi connectivity index (χ1) is 13.0. The molecule has 0 bridgehead atoms. The van der Waals surface area contributed by atoms with Gasteiger partial charge in [0.2, 0.25) is 5.91 Å². The lowest BCUT2D eigenvalue weighted by Gasteiger charge is -2.27. The topological polar surface area (TPSA) is 47.6 Å². The molecule has 2 aromatic rings. The van der Waals surface area contributed by atoms with Crippen LogP contribution in [0, 0.1) is 0 Å². The summed E-state index contributed by atoms with van der Waals surface area (Å²) in [6.07, 6.45) is 0.738. The van der Waals surface area contributed by atoms with E-state index < -0.39 is 0 Å². The third-order valence-corrected chi connectivity index (χ3v) is 5.07. The number of nitrogens with zero attached hydrogens (tertiary/aromatic N) is 2. The van der Waals surface area contributed by atoms with E-state index in [0.717, 1.165) is 18.5 Å². The number of hydrazine groups is 1. The van der Waals surface area contributed by atoms with Gasteiger partial charge in [0.25, 0.3) is 0 Å². The van der Waals surface area contributed by atoms with Gasteiger partial charge >= 0.3 is 0 Å². The smallest absolute Gasteiger partial charge is 0.241 e. The molecule has 0 aromatic heterocycles. The van der Waals surface area contributed by atoms with Crippen molar-refractivity contribution in [2.45, 2.75) is 25.0 Å². The van der Waals surface area contributed by atoms with Gasteiger partial charge in [-0.05, 0) is 43.8 Å². The van der Waals surface area contributed by atoms with Gasteiger partial charge in [0, 0.05) is 30.7 Å². The summed E-state index contributed by atoms with van der Waals surface area (Å²) in [5.74, 6) is 0.123. The van der Waals surface area contributed by atoms with Crippen molar-refractivity contribution in [2.75, 3.05) is 27.2 Å². The number of rotatable bonds is 7. The Kier molecular flexibility index (Phi) is 6.85. The van der Waals surface area contributed by atoms with Crippen LogP contribution in [-0.2, 0) is 11.3 Å². The maximum absolute atomic E-state index is 13.2. The van der Waals surface area contributed by atoms with Crippen LogP contribution < -0.4 is 10.9 Å². The van der Waals surface area contributed by atoms with Gasteiger partial charge in [-0.3, -0.25) is 4.79 Å². The van der Waals surface area contributed by atoms with Crippen molar-refractivity contribution in [1.29, 1.82) is 0 Å². The van der Waals surface area contributed by atoms with Gasteiger partial charge < -0.3 is 9.80 Å². The van der Waals surface area contributed by atoms with E-state index in [-0.39, 0.29) is 18.0 Å². The predicted octanol–water partition coefficient (Wildman–Crippen LogP) is 2.84. The second-order valence-electron chi connectivity index (χ2n) is 7.23. The minimum absolute atomic E-state index is 0.123. The summed E-state index contributed by atoms with van der Waals surface area (Å²) in [6.45, 7) is 2.09. The number of likely N-dealkylation sites (N-methyl/N-ethyl adjacent to an activating group) is 1. The zero-order valence-electron chi connectivity index (χ0n) is 15.9. The number of nitrogens with one attached hydrogen (secondary N) is 2. The van der Waals surface area contributed by atoms with Gasteiger partial charge in [-0.25, -0.2) is 10.9 Å². The van der Waals surface area contributed by atoms with Crippen LogP contribution in [0.2, 0.25) is 5.02 Å². The molecule has 2 aromatic carbocycles. The van der Waals surface area contributed by atoms with Gasteiger partial charge in [-0.15, -0.1) is 0 Å². The van der Waals surface area contributed by atoms with E-state index in [1.807, 2.05) is 61.5 Å². The Balaban J connectivity index is 1.67. The maximum Gasteiger partial charge on any atom is 0.241 e. The summed E-state index contributed by atoms with van der Waals surface area (Å²) < 4.78 is 0. The quantitative estimate of drug-likeness (QED) is 0.768. The molecule has 1 saturated heterocycles. The molecular weight excluding hydrogens is 360 g/mol. The zero-order valence-corrected chi connectivity index (χ0v) is 16.6. The van der Waals surface area contributed by atoms with E-state index in [4.69, 9.17) is 11.6 Å². The van der Waals surface area contributed by atoms with E-state index in [1.54, 1.807) is 0 Å². The van der Waals surface area contributed by atoms with E-state index in [9.17, 15) is 4.79 Å². The Morgan fingerprint density at radius 3 is 2.41 bits per heavy atom. The number of carbonyl (C=O) groups is 1. The van der Waals surface area contributed by atoms with Crippen LogP contribution in [0.4, 0.5) is 0 Å². The van der Waals surface area contributed by atoms with Gasteiger partial charge in [0.05, 0.1) is 0 Å². The fourth-order valence-electron chi connectivity index (χ4n) is 3.24. The minimum atomic E-state index is -0.232. The molecule has 1 aliphatic rings. The molecule has 27 heavy (non-hydrogen) atoms. The Morgan fingerprint density at radius 1 is 1.04 bits per heavy atom. The molecule has 0 saturated carbocycles. The average Bonchev–Trinajstić information content (AvgIpc) is 3.17. The van der Waals surface area contributed by atoms with Crippen LogP contribution in [0.1, 0.15) is 23.6 Å². The summed E-state index contributed by atoms with van der Waals surface area (Å²) in [6, 6.07) is 17.8. The Hall–Kier alpha value is -1.92. The van der Waals surface area contributed by atoms with Crippen LogP contribution in [0.3, 0.4) is 0 Å². The lowest BCUT2D eigenvalue weighted by molar-refractivity contribution is -0.134. The monoisotopic (exact) mass is 386 g/mol. The average molecular weight is 387 g/mol. The highest BCUT2D eigenvalue weighted by Crippen LogP contribution is 2.23. The van der Waals surface area contributed by atoms with Crippen LogP contribution in [-0.4, -0.2) is 48.9 Å². The number of halogens is 1.